The smallest absolute Gasteiger partial charge is 0.310 e. The van der Waals surface area contributed by atoms with E-state index in [2.05, 4.69) is 6.92 Å². The van der Waals surface area contributed by atoms with Crippen LogP contribution >= 0.6 is 0 Å². The number of aliphatic carboxylic acids is 2. The summed E-state index contributed by atoms with van der Waals surface area (Å²) in [5.74, 6) is -1.81. The molecule has 23 heavy (non-hydrogen) atoms. The monoisotopic (exact) mass is 326 g/mol. The summed E-state index contributed by atoms with van der Waals surface area (Å²) < 4.78 is 0. The highest BCUT2D eigenvalue weighted by Crippen LogP contribution is 2.58. The molecule has 1 saturated carbocycles. The molecule has 0 amide bonds. The number of carbonyl (C=O) groups is 2. The number of unbranched alkanes of at least 4 members (excludes halogenated alkanes) is 3. The van der Waals surface area contributed by atoms with Gasteiger partial charge in [0.25, 0.3) is 0 Å². The van der Waals surface area contributed by atoms with Gasteiger partial charge in [0.15, 0.2) is 0 Å². The minimum absolute atomic E-state index is 0.208. The number of carboxylic acids is 2. The third kappa shape index (κ3) is 4.27. The van der Waals surface area contributed by atoms with Crippen molar-refractivity contribution in [3.63, 3.8) is 0 Å². The lowest BCUT2D eigenvalue weighted by Crippen LogP contribution is -2.56. The lowest BCUT2D eigenvalue weighted by Gasteiger charge is -2.51. The predicted octanol–water partition coefficient (Wildman–Crippen LogP) is 5.11. The molecule has 4 nitrogen and oxygen atoms in total. The topological polar surface area (TPSA) is 74.6 Å². The van der Waals surface area contributed by atoms with E-state index in [0.29, 0.717) is 25.7 Å². The maximum absolute atomic E-state index is 12.3. The van der Waals surface area contributed by atoms with Gasteiger partial charge in [-0.1, -0.05) is 66.2 Å². The highest BCUT2D eigenvalue weighted by atomic mass is 16.4. The summed E-state index contributed by atoms with van der Waals surface area (Å²) in [6, 6.07) is 0. The predicted molar refractivity (Wildman–Crippen MR) is 91.4 cm³/mol. The van der Waals surface area contributed by atoms with Crippen molar-refractivity contribution < 1.29 is 19.8 Å². The zero-order chi connectivity index (χ0) is 17.7. The molecule has 0 aromatic rings. The van der Waals surface area contributed by atoms with Crippen molar-refractivity contribution in [1.82, 2.24) is 0 Å². The van der Waals surface area contributed by atoms with Crippen LogP contribution in [0.25, 0.3) is 0 Å². The van der Waals surface area contributed by atoms with Gasteiger partial charge in [0, 0.05) is 0 Å². The van der Waals surface area contributed by atoms with Crippen molar-refractivity contribution in [2.75, 3.05) is 0 Å². The van der Waals surface area contributed by atoms with Gasteiger partial charge >= 0.3 is 11.9 Å². The Kier molecular flexibility index (Phi) is 6.67. The van der Waals surface area contributed by atoms with E-state index >= 15 is 0 Å². The maximum atomic E-state index is 12.3. The Bertz CT molecular complexity index is 424. The molecule has 1 rings (SSSR count). The first-order chi connectivity index (χ1) is 10.6. The van der Waals surface area contributed by atoms with Crippen LogP contribution in [0.1, 0.15) is 91.9 Å². The van der Waals surface area contributed by atoms with Crippen molar-refractivity contribution in [2.24, 2.45) is 16.2 Å². The molecule has 2 unspecified atom stereocenters. The second-order valence-electron chi connectivity index (χ2n) is 8.53. The summed E-state index contributed by atoms with van der Waals surface area (Å²) in [4.78, 5) is 24.6. The SMILES string of the molecule is CCCCCCC1(C(=O)O)CCCCC1(CC(C)(C)C)C(=O)O. The quantitative estimate of drug-likeness (QED) is 0.608. The van der Waals surface area contributed by atoms with Crippen molar-refractivity contribution in [3.05, 3.63) is 0 Å². The molecule has 2 N–H and O–H groups in total. The number of carboxylic acid groups (broad SMARTS) is 2. The molecule has 0 spiro atoms. The maximum Gasteiger partial charge on any atom is 0.310 e. The first kappa shape index (κ1) is 20.0. The third-order valence-corrected chi connectivity index (χ3v) is 5.48. The summed E-state index contributed by atoms with van der Waals surface area (Å²) >= 11 is 0. The van der Waals surface area contributed by atoms with E-state index in [1.165, 1.54) is 0 Å². The summed E-state index contributed by atoms with van der Waals surface area (Å²) in [6.45, 7) is 8.15. The van der Waals surface area contributed by atoms with Crippen molar-refractivity contribution in [1.29, 1.82) is 0 Å². The minimum atomic E-state index is -1.14. The fourth-order valence-corrected chi connectivity index (χ4v) is 4.52. The Balaban J connectivity index is 3.23. The molecule has 0 radical (unpaired) electrons. The Morgan fingerprint density at radius 1 is 0.913 bits per heavy atom. The van der Waals surface area contributed by atoms with E-state index in [0.717, 1.165) is 38.5 Å². The normalized spacial score (nSPS) is 28.5. The van der Waals surface area contributed by atoms with Crippen molar-refractivity contribution in [3.8, 4) is 0 Å². The molecular formula is C19H34O4. The van der Waals surface area contributed by atoms with Crippen LogP contribution in [-0.4, -0.2) is 22.2 Å². The first-order valence-corrected chi connectivity index (χ1v) is 9.08. The standard InChI is InChI=1S/C19H34O4/c1-5-6-7-8-11-18(15(20)21)12-9-10-13-19(18,16(22)23)14-17(2,3)4/h5-14H2,1-4H3,(H,20,21)(H,22,23). The van der Waals surface area contributed by atoms with Crippen LogP contribution in [0.15, 0.2) is 0 Å². The number of hydrogen-bond donors (Lipinski definition) is 2. The molecule has 1 fully saturated rings. The summed E-state index contributed by atoms with van der Waals surface area (Å²) in [6.07, 6.45) is 7.49. The molecule has 0 heterocycles. The fraction of sp³-hybridized carbons (Fsp3) is 0.895. The van der Waals surface area contributed by atoms with E-state index in [4.69, 9.17) is 0 Å². The molecule has 0 aliphatic heterocycles. The van der Waals surface area contributed by atoms with Gasteiger partial charge in [-0.25, -0.2) is 0 Å². The van der Waals surface area contributed by atoms with E-state index < -0.39 is 22.8 Å². The molecular weight excluding hydrogens is 292 g/mol. The van der Waals surface area contributed by atoms with Crippen LogP contribution < -0.4 is 0 Å². The second kappa shape index (κ2) is 7.67. The molecule has 0 bridgehead atoms. The van der Waals surface area contributed by atoms with E-state index in [1.807, 2.05) is 20.8 Å². The van der Waals surface area contributed by atoms with Crippen LogP contribution in [-0.2, 0) is 9.59 Å². The van der Waals surface area contributed by atoms with Gasteiger partial charge in [0.2, 0.25) is 0 Å². The summed E-state index contributed by atoms with van der Waals surface area (Å²) in [7, 11) is 0. The van der Waals surface area contributed by atoms with Gasteiger partial charge in [0.05, 0.1) is 10.8 Å². The highest BCUT2D eigenvalue weighted by molar-refractivity contribution is 5.87. The minimum Gasteiger partial charge on any atom is -0.481 e. The van der Waals surface area contributed by atoms with Crippen molar-refractivity contribution >= 4 is 11.9 Å². The molecule has 134 valence electrons. The Labute approximate surface area is 140 Å². The van der Waals surface area contributed by atoms with Crippen LogP contribution in [0.5, 0.6) is 0 Å². The molecule has 2 atom stereocenters. The average Bonchev–Trinajstić information content (AvgIpc) is 2.43. The van der Waals surface area contributed by atoms with Crippen LogP contribution in [0, 0.1) is 16.2 Å². The molecule has 1 aliphatic rings. The van der Waals surface area contributed by atoms with Gasteiger partial charge in [-0.05, 0) is 31.1 Å². The number of hydrogen-bond acceptors (Lipinski definition) is 2. The van der Waals surface area contributed by atoms with E-state index in [1.54, 1.807) is 0 Å². The van der Waals surface area contributed by atoms with E-state index in [9.17, 15) is 19.8 Å². The van der Waals surface area contributed by atoms with Crippen LogP contribution in [0.2, 0.25) is 0 Å². The third-order valence-electron chi connectivity index (χ3n) is 5.48. The Morgan fingerprint density at radius 3 is 1.87 bits per heavy atom. The lowest BCUT2D eigenvalue weighted by atomic mass is 9.50. The number of rotatable bonds is 8. The second-order valence-corrected chi connectivity index (χ2v) is 8.53. The van der Waals surface area contributed by atoms with Gasteiger partial charge in [-0.2, -0.15) is 0 Å². The van der Waals surface area contributed by atoms with Crippen molar-refractivity contribution in [2.45, 2.75) is 91.9 Å². The Morgan fingerprint density at radius 2 is 1.43 bits per heavy atom. The molecule has 0 saturated heterocycles. The fourth-order valence-electron chi connectivity index (χ4n) is 4.52. The van der Waals surface area contributed by atoms with Crippen LogP contribution in [0.4, 0.5) is 0 Å². The van der Waals surface area contributed by atoms with Gasteiger partial charge in [-0.15, -0.1) is 0 Å². The average molecular weight is 326 g/mol. The summed E-state index contributed by atoms with van der Waals surface area (Å²) in [5.41, 5.74) is -2.46. The molecule has 0 aromatic heterocycles. The lowest BCUT2D eigenvalue weighted by molar-refractivity contribution is -0.185. The first-order valence-electron chi connectivity index (χ1n) is 9.08. The molecule has 1 aliphatic carbocycles. The molecule has 4 heteroatoms. The van der Waals surface area contributed by atoms with Gasteiger partial charge in [0.1, 0.15) is 0 Å². The van der Waals surface area contributed by atoms with Gasteiger partial charge in [-0.3, -0.25) is 9.59 Å². The summed E-state index contributed by atoms with van der Waals surface area (Å²) in [5, 5.41) is 20.1. The largest absolute Gasteiger partial charge is 0.481 e. The van der Waals surface area contributed by atoms with Crippen LogP contribution in [0.3, 0.4) is 0 Å². The zero-order valence-electron chi connectivity index (χ0n) is 15.3. The zero-order valence-corrected chi connectivity index (χ0v) is 15.3. The Hall–Kier alpha value is -1.06. The van der Waals surface area contributed by atoms with E-state index in [-0.39, 0.29) is 5.41 Å². The molecule has 0 aromatic carbocycles. The van der Waals surface area contributed by atoms with Gasteiger partial charge < -0.3 is 10.2 Å². The highest BCUT2D eigenvalue weighted by Gasteiger charge is 2.62.